The minimum Gasteiger partial charge on any atom is -0.379 e. The van der Waals surface area contributed by atoms with Gasteiger partial charge in [0.15, 0.2) is 0 Å². The summed E-state index contributed by atoms with van der Waals surface area (Å²) in [6.45, 7) is -0.870. The Hall–Kier alpha value is -1.21. The minimum atomic E-state index is -4.31. The van der Waals surface area contributed by atoms with E-state index in [0.717, 1.165) is 18.2 Å². The number of rotatable bonds is 5. The lowest BCUT2D eigenvalue weighted by molar-refractivity contribution is -0.145. The second kappa shape index (κ2) is 6.10. The van der Waals surface area contributed by atoms with Gasteiger partial charge in [-0.05, 0) is 18.2 Å². The summed E-state index contributed by atoms with van der Waals surface area (Å²) in [5.74, 6) is -1.39. The van der Waals surface area contributed by atoms with Gasteiger partial charge in [0, 0.05) is 5.56 Å². The Morgan fingerprint density at radius 3 is 2.50 bits per heavy atom. The average Bonchev–Trinajstić information content (AvgIpc) is 2.26. The first-order chi connectivity index (χ1) is 8.29. The van der Waals surface area contributed by atoms with E-state index in [1.807, 2.05) is 0 Å². The third-order valence-electron chi connectivity index (χ3n) is 2.18. The first-order valence-corrected chi connectivity index (χ1v) is 5.14. The van der Waals surface area contributed by atoms with Crippen molar-refractivity contribution in [3.63, 3.8) is 0 Å². The summed E-state index contributed by atoms with van der Waals surface area (Å²) in [5, 5.41) is 0. The molecule has 0 aromatic heterocycles. The molecule has 2 N–H and O–H groups in total. The molecule has 1 aromatic carbocycles. The molecule has 0 saturated heterocycles. The van der Waals surface area contributed by atoms with Crippen molar-refractivity contribution in [3.05, 3.63) is 35.4 Å². The van der Waals surface area contributed by atoms with Gasteiger partial charge in [-0.3, -0.25) is 0 Å². The van der Waals surface area contributed by atoms with E-state index in [-0.39, 0.29) is 12.2 Å². The number of benzene rings is 1. The van der Waals surface area contributed by atoms with Gasteiger partial charge in [0.1, 0.15) is 11.6 Å². The van der Waals surface area contributed by atoms with Crippen molar-refractivity contribution in [1.29, 1.82) is 0 Å². The van der Waals surface area contributed by atoms with Crippen LogP contribution in [-0.2, 0) is 4.74 Å². The molecule has 0 amide bonds. The Labute approximate surface area is 101 Å². The Morgan fingerprint density at radius 2 is 1.89 bits per heavy atom. The van der Waals surface area contributed by atoms with Crippen molar-refractivity contribution >= 4 is 0 Å². The lowest BCUT2D eigenvalue weighted by Gasteiger charge is -2.14. The van der Waals surface area contributed by atoms with Crippen LogP contribution in [0.15, 0.2) is 18.2 Å². The van der Waals surface area contributed by atoms with Gasteiger partial charge in [-0.1, -0.05) is 0 Å². The van der Waals surface area contributed by atoms with Crippen LogP contribution in [0.25, 0.3) is 0 Å². The van der Waals surface area contributed by atoms with Crippen LogP contribution in [-0.4, -0.2) is 19.4 Å². The van der Waals surface area contributed by atoms with E-state index in [1.165, 1.54) is 0 Å². The molecule has 0 bridgehead atoms. The summed E-state index contributed by atoms with van der Waals surface area (Å²) in [6, 6.07) is 1.72. The highest BCUT2D eigenvalue weighted by atomic mass is 19.4. The van der Waals surface area contributed by atoms with Gasteiger partial charge in [0.25, 0.3) is 0 Å². The van der Waals surface area contributed by atoms with Crippen LogP contribution in [0.1, 0.15) is 18.0 Å². The predicted molar refractivity (Wildman–Crippen MR) is 54.8 cm³/mol. The van der Waals surface area contributed by atoms with Crippen molar-refractivity contribution in [3.8, 4) is 0 Å². The van der Waals surface area contributed by atoms with Crippen molar-refractivity contribution in [2.45, 2.75) is 18.6 Å². The van der Waals surface area contributed by atoms with Gasteiger partial charge in [-0.15, -0.1) is 0 Å². The molecular weight excluding hydrogens is 257 g/mol. The molecule has 0 aliphatic heterocycles. The van der Waals surface area contributed by atoms with Gasteiger partial charge in [0.05, 0.1) is 25.7 Å². The highest BCUT2D eigenvalue weighted by molar-refractivity contribution is 5.22. The molecule has 0 fully saturated rings. The summed E-state index contributed by atoms with van der Waals surface area (Å²) < 4.78 is 66.2. The second-order valence-corrected chi connectivity index (χ2v) is 3.71. The van der Waals surface area contributed by atoms with Crippen LogP contribution in [0.5, 0.6) is 0 Å². The average molecular weight is 269 g/mol. The Balaban J connectivity index is 2.45. The first-order valence-electron chi connectivity index (χ1n) is 5.14. The normalized spacial score (nSPS) is 13.7. The zero-order valence-corrected chi connectivity index (χ0v) is 9.31. The van der Waals surface area contributed by atoms with Crippen LogP contribution >= 0.6 is 0 Å². The monoisotopic (exact) mass is 269 g/mol. The summed E-state index contributed by atoms with van der Waals surface area (Å²) in [5.41, 5.74) is 5.38. The van der Waals surface area contributed by atoms with E-state index in [1.54, 1.807) is 0 Å². The van der Waals surface area contributed by atoms with E-state index in [4.69, 9.17) is 5.73 Å². The van der Waals surface area contributed by atoms with E-state index in [2.05, 4.69) is 4.74 Å². The Kier molecular flexibility index (Phi) is 5.03. The SMILES string of the molecule is NC(COCCC(F)(F)F)c1cc(F)ccc1F. The molecule has 1 rings (SSSR count). The Morgan fingerprint density at radius 1 is 1.22 bits per heavy atom. The van der Waals surface area contributed by atoms with Gasteiger partial charge in [-0.2, -0.15) is 13.2 Å². The minimum absolute atomic E-state index is 0.123. The highest BCUT2D eigenvalue weighted by Crippen LogP contribution is 2.20. The molecule has 0 spiro atoms. The maximum atomic E-state index is 13.2. The fraction of sp³-hybridized carbons (Fsp3) is 0.455. The van der Waals surface area contributed by atoms with E-state index < -0.39 is 36.9 Å². The van der Waals surface area contributed by atoms with Crippen molar-refractivity contribution in [2.75, 3.05) is 13.2 Å². The van der Waals surface area contributed by atoms with Gasteiger partial charge in [-0.25, -0.2) is 8.78 Å². The quantitative estimate of drug-likeness (QED) is 0.659. The number of halogens is 5. The summed E-state index contributed by atoms with van der Waals surface area (Å²) in [7, 11) is 0. The molecule has 0 radical (unpaired) electrons. The molecule has 18 heavy (non-hydrogen) atoms. The molecule has 2 nitrogen and oxygen atoms in total. The molecule has 102 valence electrons. The Bertz CT molecular complexity index is 394. The zero-order chi connectivity index (χ0) is 13.8. The molecule has 0 aliphatic carbocycles. The van der Waals surface area contributed by atoms with Crippen LogP contribution < -0.4 is 5.73 Å². The fourth-order valence-corrected chi connectivity index (χ4v) is 1.29. The van der Waals surface area contributed by atoms with E-state index >= 15 is 0 Å². The fourth-order valence-electron chi connectivity index (χ4n) is 1.29. The zero-order valence-electron chi connectivity index (χ0n) is 9.31. The standard InChI is InChI=1S/C11H12F5NO/c12-7-1-2-9(13)8(5-7)10(17)6-18-4-3-11(14,15)16/h1-2,5,10H,3-4,6,17H2. The topological polar surface area (TPSA) is 35.2 Å². The summed E-state index contributed by atoms with van der Waals surface area (Å²) in [4.78, 5) is 0. The predicted octanol–water partition coefficient (Wildman–Crippen LogP) is 2.93. The summed E-state index contributed by atoms with van der Waals surface area (Å²) in [6.07, 6.45) is -5.42. The van der Waals surface area contributed by atoms with Crippen molar-refractivity contribution < 1.29 is 26.7 Å². The number of hydrogen-bond donors (Lipinski definition) is 1. The molecule has 0 heterocycles. The van der Waals surface area contributed by atoms with E-state index in [0.29, 0.717) is 0 Å². The van der Waals surface area contributed by atoms with Crippen LogP contribution in [0, 0.1) is 11.6 Å². The third kappa shape index (κ3) is 4.97. The van der Waals surface area contributed by atoms with E-state index in [9.17, 15) is 22.0 Å². The van der Waals surface area contributed by atoms with Crippen molar-refractivity contribution in [1.82, 2.24) is 0 Å². The number of ether oxygens (including phenoxy) is 1. The molecule has 0 aliphatic rings. The maximum absolute atomic E-state index is 13.2. The smallest absolute Gasteiger partial charge is 0.379 e. The van der Waals surface area contributed by atoms with Gasteiger partial charge < -0.3 is 10.5 Å². The van der Waals surface area contributed by atoms with Crippen LogP contribution in [0.4, 0.5) is 22.0 Å². The number of nitrogens with two attached hydrogens (primary N) is 1. The lowest BCUT2D eigenvalue weighted by Crippen LogP contribution is -2.20. The summed E-state index contributed by atoms with van der Waals surface area (Å²) >= 11 is 0. The molecule has 1 unspecified atom stereocenters. The van der Waals surface area contributed by atoms with Crippen LogP contribution in [0.3, 0.4) is 0 Å². The maximum Gasteiger partial charge on any atom is 0.391 e. The molecule has 0 saturated carbocycles. The largest absolute Gasteiger partial charge is 0.391 e. The third-order valence-corrected chi connectivity index (χ3v) is 2.18. The van der Waals surface area contributed by atoms with Crippen molar-refractivity contribution in [2.24, 2.45) is 5.73 Å². The molecular formula is C11H12F5NO. The lowest BCUT2D eigenvalue weighted by atomic mass is 10.1. The molecule has 1 atom stereocenters. The van der Waals surface area contributed by atoms with Crippen LogP contribution in [0.2, 0.25) is 0 Å². The number of alkyl halides is 3. The first kappa shape index (κ1) is 14.8. The van der Waals surface area contributed by atoms with Gasteiger partial charge in [0.2, 0.25) is 0 Å². The highest BCUT2D eigenvalue weighted by Gasteiger charge is 2.26. The molecule has 1 aromatic rings. The second-order valence-electron chi connectivity index (χ2n) is 3.71. The number of hydrogen-bond acceptors (Lipinski definition) is 2. The molecule has 7 heteroatoms. The van der Waals surface area contributed by atoms with Gasteiger partial charge >= 0.3 is 6.18 Å².